The van der Waals surface area contributed by atoms with Crippen LogP contribution in [0.4, 0.5) is 0 Å². The van der Waals surface area contributed by atoms with E-state index in [1.165, 1.54) is 86.0 Å². The Labute approximate surface area is 208 Å². The lowest BCUT2D eigenvalue weighted by Crippen LogP contribution is -3.20. The van der Waals surface area contributed by atoms with E-state index < -0.39 is 0 Å². The zero-order chi connectivity index (χ0) is 22.1. The van der Waals surface area contributed by atoms with Gasteiger partial charge in [-0.05, 0) is 87.8 Å². The van der Waals surface area contributed by atoms with Crippen LogP contribution in [0.25, 0.3) is 21.8 Å². The molecule has 0 radical (unpaired) electrons. The summed E-state index contributed by atoms with van der Waals surface area (Å²) in [6, 6.07) is 14.5. The van der Waals surface area contributed by atoms with Crippen LogP contribution >= 0.6 is 31.9 Å². The number of aliphatic hydroxyl groups is 1. The summed E-state index contributed by atoms with van der Waals surface area (Å²) in [5.41, 5.74) is 2.41. The van der Waals surface area contributed by atoms with Gasteiger partial charge in [-0.15, -0.1) is 0 Å². The van der Waals surface area contributed by atoms with Crippen LogP contribution in [0.3, 0.4) is 0 Å². The summed E-state index contributed by atoms with van der Waals surface area (Å²) in [7, 11) is 0. The van der Waals surface area contributed by atoms with Gasteiger partial charge in [0.25, 0.3) is 0 Å². The van der Waals surface area contributed by atoms with Gasteiger partial charge in [-0.25, -0.2) is 0 Å². The normalized spacial score (nSPS) is 19.9. The van der Waals surface area contributed by atoms with Gasteiger partial charge in [0, 0.05) is 30.8 Å². The van der Waals surface area contributed by atoms with Crippen molar-refractivity contribution in [1.82, 2.24) is 4.57 Å². The molecule has 5 heteroatoms. The Morgan fingerprint density at radius 1 is 0.781 bits per heavy atom. The van der Waals surface area contributed by atoms with Crippen LogP contribution in [0, 0.1) is 0 Å². The van der Waals surface area contributed by atoms with Crippen LogP contribution in [-0.2, 0) is 6.54 Å². The third-order valence-corrected chi connectivity index (χ3v) is 8.90. The summed E-state index contributed by atoms with van der Waals surface area (Å²) in [6.07, 6.45) is 13.3. The molecule has 1 heterocycles. The summed E-state index contributed by atoms with van der Waals surface area (Å²) in [5.74, 6) is 0. The predicted octanol–water partition coefficient (Wildman–Crippen LogP) is 6.23. The standard InChI is InChI=1S/C27H34Br2N2O/c28-19-11-13-26-24(15-19)25-16-20(29)12-14-27(25)31(26)18-23(32)17-30(21-7-3-1-4-8-21)22-9-5-2-6-10-22/h11-16,21-23,32H,1-10,17-18H2/p+1/t23-/m1/s1. The molecule has 3 aromatic rings. The summed E-state index contributed by atoms with van der Waals surface area (Å²) >= 11 is 7.29. The van der Waals surface area contributed by atoms with Crippen molar-refractivity contribution in [3.63, 3.8) is 0 Å². The van der Waals surface area contributed by atoms with Crippen molar-refractivity contribution in [3.05, 3.63) is 45.3 Å². The first-order chi connectivity index (χ1) is 15.6. The van der Waals surface area contributed by atoms with Gasteiger partial charge < -0.3 is 14.6 Å². The van der Waals surface area contributed by atoms with Gasteiger partial charge in [-0.1, -0.05) is 44.7 Å². The van der Waals surface area contributed by atoms with E-state index in [0.29, 0.717) is 6.54 Å². The Bertz CT molecular complexity index is 989. The smallest absolute Gasteiger partial charge is 0.121 e. The van der Waals surface area contributed by atoms with Crippen molar-refractivity contribution >= 4 is 53.7 Å². The van der Waals surface area contributed by atoms with E-state index >= 15 is 0 Å². The van der Waals surface area contributed by atoms with E-state index in [-0.39, 0.29) is 6.10 Å². The minimum Gasteiger partial charge on any atom is -0.385 e. The highest BCUT2D eigenvalue weighted by Gasteiger charge is 2.34. The number of quaternary nitrogens is 1. The molecular formula is C27H35Br2N2O+. The molecule has 0 amide bonds. The van der Waals surface area contributed by atoms with E-state index in [9.17, 15) is 5.11 Å². The monoisotopic (exact) mass is 561 g/mol. The van der Waals surface area contributed by atoms with Gasteiger partial charge in [0.1, 0.15) is 12.6 Å². The maximum Gasteiger partial charge on any atom is 0.121 e. The molecule has 2 saturated carbocycles. The first-order valence-electron chi connectivity index (χ1n) is 12.5. The number of aliphatic hydroxyl groups excluding tert-OH is 1. The fourth-order valence-corrected chi connectivity index (χ4v) is 7.13. The fourth-order valence-electron chi connectivity index (χ4n) is 6.41. The SMILES string of the molecule is O[C@@H](Cn1c2ccc(Br)cc2c2cc(Br)ccc21)C[NH+](C1CCCCC1)C1CCCCC1. The molecule has 0 unspecified atom stereocenters. The molecule has 2 aliphatic carbocycles. The minimum absolute atomic E-state index is 0.333. The quantitative estimate of drug-likeness (QED) is 0.366. The summed E-state index contributed by atoms with van der Waals surface area (Å²) in [6.45, 7) is 1.54. The van der Waals surface area contributed by atoms with Gasteiger partial charge in [0.2, 0.25) is 0 Å². The number of aromatic nitrogens is 1. The fraction of sp³-hybridized carbons (Fsp3) is 0.556. The van der Waals surface area contributed by atoms with E-state index in [1.54, 1.807) is 4.90 Å². The molecule has 0 aliphatic heterocycles. The maximum atomic E-state index is 11.4. The van der Waals surface area contributed by atoms with E-state index in [1.807, 2.05) is 0 Å². The third-order valence-electron chi connectivity index (χ3n) is 7.91. The van der Waals surface area contributed by atoms with E-state index in [2.05, 4.69) is 72.8 Å². The van der Waals surface area contributed by atoms with E-state index in [0.717, 1.165) is 27.6 Å². The highest BCUT2D eigenvalue weighted by atomic mass is 79.9. The second kappa shape index (κ2) is 10.2. The van der Waals surface area contributed by atoms with Crippen molar-refractivity contribution in [3.8, 4) is 0 Å². The Balaban J connectivity index is 1.43. The lowest BCUT2D eigenvalue weighted by Gasteiger charge is -2.39. The molecule has 2 aromatic carbocycles. The van der Waals surface area contributed by atoms with Gasteiger partial charge >= 0.3 is 0 Å². The second-order valence-electron chi connectivity index (χ2n) is 10.0. The van der Waals surface area contributed by atoms with Gasteiger partial charge in [-0.2, -0.15) is 0 Å². The summed E-state index contributed by atoms with van der Waals surface area (Å²) in [5, 5.41) is 13.9. The zero-order valence-electron chi connectivity index (χ0n) is 18.8. The van der Waals surface area contributed by atoms with Crippen LogP contribution in [0.5, 0.6) is 0 Å². The van der Waals surface area contributed by atoms with Crippen molar-refractivity contribution in [1.29, 1.82) is 0 Å². The molecule has 1 atom stereocenters. The second-order valence-corrected chi connectivity index (χ2v) is 11.9. The largest absolute Gasteiger partial charge is 0.385 e. The highest BCUT2D eigenvalue weighted by Crippen LogP contribution is 2.33. The number of nitrogens with zero attached hydrogens (tertiary/aromatic N) is 1. The lowest BCUT2D eigenvalue weighted by atomic mass is 9.88. The average molecular weight is 563 g/mol. The molecule has 0 spiro atoms. The minimum atomic E-state index is -0.333. The molecule has 32 heavy (non-hydrogen) atoms. The number of benzene rings is 2. The molecule has 2 N–H and O–H groups in total. The summed E-state index contributed by atoms with van der Waals surface area (Å²) < 4.78 is 4.53. The lowest BCUT2D eigenvalue weighted by molar-refractivity contribution is -0.955. The van der Waals surface area contributed by atoms with Gasteiger partial charge in [0.05, 0.1) is 18.6 Å². The Hall–Kier alpha value is -0.880. The van der Waals surface area contributed by atoms with Crippen LogP contribution in [-0.4, -0.2) is 34.4 Å². The first kappa shape index (κ1) is 22.9. The number of rotatable bonds is 6. The molecule has 1 aromatic heterocycles. The van der Waals surface area contributed by atoms with Crippen LogP contribution in [0.15, 0.2) is 45.3 Å². The molecule has 0 saturated heterocycles. The van der Waals surface area contributed by atoms with Crippen LogP contribution in [0.2, 0.25) is 0 Å². The molecule has 2 fully saturated rings. The van der Waals surface area contributed by atoms with Gasteiger partial charge in [-0.3, -0.25) is 0 Å². The number of fused-ring (bicyclic) bond motifs is 3. The summed E-state index contributed by atoms with van der Waals surface area (Å²) in [4.78, 5) is 1.71. The molecule has 0 bridgehead atoms. The molecule has 5 rings (SSSR count). The molecule has 3 nitrogen and oxygen atoms in total. The number of hydrogen-bond donors (Lipinski definition) is 2. The van der Waals surface area contributed by atoms with Gasteiger partial charge in [0.15, 0.2) is 0 Å². The topological polar surface area (TPSA) is 29.6 Å². The Kier molecular flexibility index (Phi) is 7.27. The van der Waals surface area contributed by atoms with Crippen molar-refractivity contribution < 1.29 is 10.0 Å². The highest BCUT2D eigenvalue weighted by molar-refractivity contribution is 9.10. The zero-order valence-corrected chi connectivity index (χ0v) is 22.0. The molecular weight excluding hydrogens is 528 g/mol. The van der Waals surface area contributed by atoms with Crippen LogP contribution < -0.4 is 4.90 Å². The Morgan fingerprint density at radius 2 is 1.25 bits per heavy atom. The third kappa shape index (κ3) is 4.82. The first-order valence-corrected chi connectivity index (χ1v) is 14.1. The molecule has 2 aliphatic rings. The maximum absolute atomic E-state index is 11.4. The molecule has 172 valence electrons. The van der Waals surface area contributed by atoms with Crippen molar-refractivity contribution in [2.45, 2.75) is 88.9 Å². The number of nitrogens with one attached hydrogen (secondary N) is 1. The Morgan fingerprint density at radius 3 is 1.72 bits per heavy atom. The number of halogens is 2. The predicted molar refractivity (Wildman–Crippen MR) is 140 cm³/mol. The number of hydrogen-bond acceptors (Lipinski definition) is 1. The van der Waals surface area contributed by atoms with Crippen molar-refractivity contribution in [2.24, 2.45) is 0 Å². The van der Waals surface area contributed by atoms with Crippen LogP contribution in [0.1, 0.15) is 64.2 Å². The van der Waals surface area contributed by atoms with Crippen molar-refractivity contribution in [2.75, 3.05) is 6.54 Å². The average Bonchev–Trinajstić information content (AvgIpc) is 3.10. The van der Waals surface area contributed by atoms with E-state index in [4.69, 9.17) is 0 Å².